The lowest BCUT2D eigenvalue weighted by atomic mass is 10.0. The Hall–Kier alpha value is -3.40. The first-order valence-corrected chi connectivity index (χ1v) is 14.3. The number of anilines is 1. The summed E-state index contributed by atoms with van der Waals surface area (Å²) >= 11 is 0. The number of ether oxygens (including phenoxy) is 1. The fraction of sp³-hybridized carbons (Fsp3) is 0.292. The number of terminal acetylenes is 1. The molecule has 0 N–H and O–H groups in total. The first-order valence-electron chi connectivity index (χ1n) is 10.6. The summed E-state index contributed by atoms with van der Waals surface area (Å²) in [6.07, 6.45) is 6.02. The maximum Gasteiger partial charge on any atom is 0.342 e. The van der Waals surface area contributed by atoms with E-state index in [1.807, 2.05) is 0 Å². The lowest BCUT2D eigenvalue weighted by molar-refractivity contribution is 0.0528. The Kier molecular flexibility index (Phi) is 7.78. The summed E-state index contributed by atoms with van der Waals surface area (Å²) < 4.78 is 79.5. The Morgan fingerprint density at radius 1 is 1.17 bits per heavy atom. The quantitative estimate of drug-likeness (QED) is 0.229. The molecule has 0 aliphatic heterocycles. The number of nitrogens with zero attached hydrogens (tertiary/aromatic N) is 1. The van der Waals surface area contributed by atoms with Crippen LogP contribution < -0.4 is 4.31 Å². The third kappa shape index (κ3) is 5.87. The van der Waals surface area contributed by atoms with Crippen LogP contribution in [0.1, 0.15) is 35.9 Å². The van der Waals surface area contributed by atoms with E-state index < -0.39 is 38.0 Å². The number of hydrogen-bond acceptors (Lipinski definition) is 8. The van der Waals surface area contributed by atoms with Crippen LogP contribution in [0, 0.1) is 18.2 Å². The number of fused-ring (bicyclic) bond motifs is 1. The van der Waals surface area contributed by atoms with Gasteiger partial charge in [0.05, 0.1) is 31.4 Å². The molecule has 0 radical (unpaired) electrons. The lowest BCUT2D eigenvalue weighted by Gasteiger charge is -2.25. The highest BCUT2D eigenvalue weighted by molar-refractivity contribution is 7.92. The molecule has 3 rings (SSSR count). The second kappa shape index (κ2) is 10.3. The van der Waals surface area contributed by atoms with E-state index in [9.17, 15) is 26.0 Å². The van der Waals surface area contributed by atoms with Gasteiger partial charge in [-0.15, -0.1) is 6.42 Å². The lowest BCUT2D eigenvalue weighted by Crippen LogP contribution is -2.31. The van der Waals surface area contributed by atoms with Gasteiger partial charge >= 0.3 is 5.97 Å². The number of carbonyl (C=O) groups is 1. The minimum Gasteiger partial charge on any atom is -0.462 e. The van der Waals surface area contributed by atoms with Gasteiger partial charge in [0, 0.05) is 22.6 Å². The molecule has 0 aliphatic carbocycles. The molecule has 1 unspecified atom stereocenters. The summed E-state index contributed by atoms with van der Waals surface area (Å²) in [6, 6.07) is 7.94. The highest BCUT2D eigenvalue weighted by Crippen LogP contribution is 2.41. The maximum absolute atomic E-state index is 13.5. The van der Waals surface area contributed by atoms with Crippen LogP contribution in [-0.4, -0.2) is 48.5 Å². The van der Waals surface area contributed by atoms with Crippen molar-refractivity contribution in [1.29, 1.82) is 0 Å². The highest BCUT2D eigenvalue weighted by Gasteiger charge is 2.30. The second-order valence-corrected chi connectivity index (χ2v) is 11.4. The van der Waals surface area contributed by atoms with E-state index >= 15 is 0 Å². The van der Waals surface area contributed by atoms with Crippen LogP contribution in [0.2, 0.25) is 0 Å². The molecule has 12 heteroatoms. The fourth-order valence-electron chi connectivity index (χ4n) is 3.68. The molecule has 0 spiro atoms. The summed E-state index contributed by atoms with van der Waals surface area (Å²) in [4.78, 5) is 13.0. The molecule has 9 nitrogen and oxygen atoms in total. The molecule has 0 saturated carbocycles. The van der Waals surface area contributed by atoms with Crippen molar-refractivity contribution in [3.63, 3.8) is 0 Å². The molecule has 3 aromatic rings. The first-order chi connectivity index (χ1) is 16.8. The van der Waals surface area contributed by atoms with E-state index in [-0.39, 0.29) is 46.7 Å². The molecule has 36 heavy (non-hydrogen) atoms. The number of esters is 1. The van der Waals surface area contributed by atoms with Gasteiger partial charge in [0.1, 0.15) is 28.8 Å². The maximum atomic E-state index is 13.5. The van der Waals surface area contributed by atoms with Gasteiger partial charge in [-0.3, -0.25) is 8.49 Å². The summed E-state index contributed by atoms with van der Waals surface area (Å²) in [6.45, 7) is 2.72. The van der Waals surface area contributed by atoms with Gasteiger partial charge in [-0.2, -0.15) is 8.42 Å². The number of benzene rings is 2. The standard InChI is InChI=1S/C24H24FNO8S2/c1-6-12-26(35(4,28)29)20-14-21-19(13-18(20)15(3)34-36(5,30)31)22(24(27)32-7-2)23(33-21)16-8-10-17(25)11-9-16/h1,8-11,13-15H,7,12H2,2-5H3. The zero-order valence-electron chi connectivity index (χ0n) is 19.9. The molecular formula is C24H24FNO8S2. The molecule has 0 fully saturated rings. The number of carbonyl (C=O) groups excluding carboxylic acids is 1. The molecule has 0 amide bonds. The monoisotopic (exact) mass is 537 g/mol. The van der Waals surface area contributed by atoms with Crippen molar-refractivity contribution in [2.24, 2.45) is 0 Å². The van der Waals surface area contributed by atoms with Crippen LogP contribution in [0.4, 0.5) is 10.1 Å². The van der Waals surface area contributed by atoms with Gasteiger partial charge in [-0.25, -0.2) is 17.6 Å². The SMILES string of the molecule is C#CCN(c1cc2oc(-c3ccc(F)cc3)c(C(=O)OCC)c2cc1C(C)OS(C)(=O)=O)S(C)(=O)=O. The Morgan fingerprint density at radius 3 is 2.33 bits per heavy atom. The average molecular weight is 538 g/mol. The van der Waals surface area contributed by atoms with Gasteiger partial charge in [-0.1, -0.05) is 5.92 Å². The van der Waals surface area contributed by atoms with Crippen LogP contribution in [0.3, 0.4) is 0 Å². The van der Waals surface area contributed by atoms with E-state index in [1.54, 1.807) is 6.92 Å². The van der Waals surface area contributed by atoms with Crippen LogP contribution in [-0.2, 0) is 29.1 Å². The van der Waals surface area contributed by atoms with Crippen molar-refractivity contribution in [2.75, 3.05) is 30.0 Å². The van der Waals surface area contributed by atoms with E-state index in [0.29, 0.717) is 5.56 Å². The Morgan fingerprint density at radius 2 is 1.81 bits per heavy atom. The number of rotatable bonds is 9. The van der Waals surface area contributed by atoms with Crippen molar-refractivity contribution in [3.05, 3.63) is 53.3 Å². The topological polar surface area (TPSA) is 120 Å². The molecule has 1 heterocycles. The summed E-state index contributed by atoms with van der Waals surface area (Å²) in [7, 11) is -7.87. The van der Waals surface area contributed by atoms with E-state index in [1.165, 1.54) is 43.3 Å². The van der Waals surface area contributed by atoms with Crippen LogP contribution >= 0.6 is 0 Å². The zero-order chi connectivity index (χ0) is 26.8. The Balaban J connectivity index is 2.42. The predicted octanol–water partition coefficient (Wildman–Crippen LogP) is 3.85. The molecule has 0 saturated heterocycles. The summed E-state index contributed by atoms with van der Waals surface area (Å²) in [5, 5.41) is 0.213. The largest absolute Gasteiger partial charge is 0.462 e. The van der Waals surface area contributed by atoms with E-state index in [0.717, 1.165) is 16.8 Å². The van der Waals surface area contributed by atoms with Gasteiger partial charge < -0.3 is 9.15 Å². The van der Waals surface area contributed by atoms with Crippen LogP contribution in [0.5, 0.6) is 0 Å². The molecular weight excluding hydrogens is 513 g/mol. The van der Waals surface area contributed by atoms with Crippen LogP contribution in [0.25, 0.3) is 22.3 Å². The van der Waals surface area contributed by atoms with Crippen molar-refractivity contribution in [3.8, 4) is 23.7 Å². The van der Waals surface area contributed by atoms with Crippen molar-refractivity contribution in [1.82, 2.24) is 0 Å². The number of halogens is 1. The average Bonchev–Trinajstić information content (AvgIpc) is 3.13. The van der Waals surface area contributed by atoms with Gasteiger partial charge in [0.15, 0.2) is 0 Å². The van der Waals surface area contributed by atoms with E-state index in [2.05, 4.69) is 5.92 Å². The van der Waals surface area contributed by atoms with Crippen molar-refractivity contribution < 1.29 is 39.4 Å². The zero-order valence-corrected chi connectivity index (χ0v) is 21.6. The molecule has 2 aromatic carbocycles. The minimum atomic E-state index is -3.95. The Labute approximate surface area is 209 Å². The number of hydrogen-bond donors (Lipinski definition) is 0. The van der Waals surface area contributed by atoms with Gasteiger partial charge in [0.25, 0.3) is 10.1 Å². The summed E-state index contributed by atoms with van der Waals surface area (Å²) in [5.74, 6) is 1.09. The molecule has 192 valence electrons. The fourth-order valence-corrected chi connectivity index (χ4v) is 5.13. The second-order valence-electron chi connectivity index (χ2n) is 7.86. The third-order valence-electron chi connectivity index (χ3n) is 5.08. The highest BCUT2D eigenvalue weighted by atomic mass is 32.2. The summed E-state index contributed by atoms with van der Waals surface area (Å²) in [5.41, 5.74) is 0.580. The number of sulfonamides is 1. The first kappa shape index (κ1) is 27.2. The predicted molar refractivity (Wildman–Crippen MR) is 133 cm³/mol. The van der Waals surface area contributed by atoms with Gasteiger partial charge in [-0.05, 0) is 44.2 Å². The van der Waals surface area contributed by atoms with Crippen molar-refractivity contribution >= 4 is 42.8 Å². The Bertz CT molecular complexity index is 1550. The molecule has 0 bridgehead atoms. The smallest absolute Gasteiger partial charge is 0.342 e. The van der Waals surface area contributed by atoms with E-state index in [4.69, 9.17) is 19.8 Å². The van der Waals surface area contributed by atoms with Gasteiger partial charge in [0.2, 0.25) is 10.0 Å². The third-order valence-corrected chi connectivity index (χ3v) is 6.85. The van der Waals surface area contributed by atoms with Crippen LogP contribution in [0.15, 0.2) is 40.8 Å². The molecule has 1 atom stereocenters. The normalized spacial score (nSPS) is 12.8. The molecule has 1 aromatic heterocycles. The van der Waals surface area contributed by atoms with Crippen molar-refractivity contribution in [2.45, 2.75) is 20.0 Å². The minimum absolute atomic E-state index is 0.000620. The number of furan rings is 1. The molecule has 0 aliphatic rings.